The third kappa shape index (κ3) is 14.2. The van der Waals surface area contributed by atoms with Gasteiger partial charge >= 0.3 is 6.18 Å². The van der Waals surface area contributed by atoms with E-state index in [0.717, 1.165) is 38.1 Å². The number of unbranched alkanes of at least 4 members (excludes halogenated alkanes) is 3. The molecule has 0 bridgehead atoms. The summed E-state index contributed by atoms with van der Waals surface area (Å²) in [6, 6.07) is 0. The Bertz CT molecular complexity index is 499. The minimum absolute atomic E-state index is 0.0328. The average molecular weight is 419 g/mol. The summed E-state index contributed by atoms with van der Waals surface area (Å²) in [6.45, 7) is 11.5. The zero-order valence-corrected chi connectivity index (χ0v) is 19.0. The van der Waals surface area contributed by atoms with Crippen LogP contribution in [0.4, 0.5) is 13.2 Å². The van der Waals surface area contributed by atoms with Gasteiger partial charge in [0.1, 0.15) is 0 Å². The molecule has 1 unspecified atom stereocenters. The highest BCUT2D eigenvalue weighted by Gasteiger charge is 2.38. The molecule has 0 aromatic carbocycles. The van der Waals surface area contributed by atoms with Crippen LogP contribution in [-0.4, -0.2) is 43.2 Å². The minimum Gasteiger partial charge on any atom is -0.499 e. The van der Waals surface area contributed by atoms with Gasteiger partial charge in [0.05, 0.1) is 30.7 Å². The molecule has 0 aliphatic rings. The highest BCUT2D eigenvalue weighted by molar-refractivity contribution is 5.79. The average Bonchev–Trinajstić information content (AvgIpc) is 2.66. The van der Waals surface area contributed by atoms with Gasteiger partial charge in [0, 0.05) is 13.1 Å². The number of allylic oxidation sites excluding steroid dienone is 4. The summed E-state index contributed by atoms with van der Waals surface area (Å²) in [5.41, 5.74) is 0. The highest BCUT2D eigenvalue weighted by Crippen LogP contribution is 2.30. The van der Waals surface area contributed by atoms with Crippen molar-refractivity contribution in [3.05, 3.63) is 24.0 Å². The van der Waals surface area contributed by atoms with Crippen molar-refractivity contribution in [2.45, 2.75) is 85.7 Å². The maximum atomic E-state index is 13.4. The van der Waals surface area contributed by atoms with E-state index in [9.17, 15) is 13.2 Å². The van der Waals surface area contributed by atoms with Gasteiger partial charge in [-0.2, -0.15) is 13.2 Å². The maximum Gasteiger partial charge on any atom is 0.393 e. The zero-order valence-electron chi connectivity index (χ0n) is 19.0. The van der Waals surface area contributed by atoms with Gasteiger partial charge < -0.3 is 9.64 Å². The second kappa shape index (κ2) is 16.3. The molecule has 0 saturated carbocycles. The van der Waals surface area contributed by atoms with E-state index in [-0.39, 0.29) is 13.0 Å². The van der Waals surface area contributed by atoms with E-state index in [1.54, 1.807) is 0 Å². The largest absolute Gasteiger partial charge is 0.499 e. The lowest BCUT2D eigenvalue weighted by Crippen LogP contribution is -2.32. The lowest BCUT2D eigenvalue weighted by molar-refractivity contribution is -0.173. The van der Waals surface area contributed by atoms with Crippen molar-refractivity contribution in [1.82, 2.24) is 4.90 Å². The van der Waals surface area contributed by atoms with Crippen LogP contribution in [0, 0.1) is 5.92 Å². The van der Waals surface area contributed by atoms with Crippen LogP contribution in [0.3, 0.4) is 0 Å². The van der Waals surface area contributed by atoms with E-state index < -0.39 is 12.1 Å². The molecule has 6 heteroatoms. The molecule has 0 fully saturated rings. The summed E-state index contributed by atoms with van der Waals surface area (Å²) in [5.74, 6) is 0.0339. The number of amidine groups is 1. The number of hydrogen-bond acceptors (Lipinski definition) is 2. The first-order valence-corrected chi connectivity index (χ1v) is 11.0. The first-order chi connectivity index (χ1) is 13.8. The van der Waals surface area contributed by atoms with E-state index in [2.05, 4.69) is 16.8 Å². The van der Waals surface area contributed by atoms with Crippen molar-refractivity contribution < 1.29 is 17.9 Å². The Morgan fingerprint density at radius 1 is 1.10 bits per heavy atom. The number of alkyl halides is 3. The van der Waals surface area contributed by atoms with E-state index in [4.69, 9.17) is 4.74 Å². The highest BCUT2D eigenvalue weighted by atomic mass is 19.4. The molecular weight excluding hydrogens is 377 g/mol. The molecule has 0 aromatic heterocycles. The number of rotatable bonds is 15. The van der Waals surface area contributed by atoms with Crippen molar-refractivity contribution in [3.8, 4) is 0 Å². The van der Waals surface area contributed by atoms with Crippen LogP contribution < -0.4 is 0 Å². The Kier molecular flexibility index (Phi) is 15.5. The van der Waals surface area contributed by atoms with Gasteiger partial charge in [-0.3, -0.25) is 4.99 Å². The first kappa shape index (κ1) is 27.5. The van der Waals surface area contributed by atoms with Crippen LogP contribution in [-0.2, 0) is 4.74 Å². The second-order valence-electron chi connectivity index (χ2n) is 7.38. The number of ether oxygens (including phenoxy) is 1. The van der Waals surface area contributed by atoms with Crippen molar-refractivity contribution in [2.75, 3.05) is 26.2 Å². The quantitative estimate of drug-likeness (QED) is 0.0927. The number of halogens is 3. The van der Waals surface area contributed by atoms with Crippen LogP contribution in [0.15, 0.2) is 29.0 Å². The number of nitrogens with zero attached hydrogens (tertiary/aromatic N) is 2. The SMILES string of the molecule is C/C=C\C/C=C(\C)OCCCC(CN=C(C)N(CC)CCCCCC)C(F)(F)F. The lowest BCUT2D eigenvalue weighted by atomic mass is 10.0. The summed E-state index contributed by atoms with van der Waals surface area (Å²) in [7, 11) is 0. The Morgan fingerprint density at radius 3 is 2.41 bits per heavy atom. The molecule has 0 radical (unpaired) electrons. The zero-order chi connectivity index (χ0) is 22.1. The third-order valence-electron chi connectivity index (χ3n) is 4.93. The van der Waals surface area contributed by atoms with Crippen LogP contribution in [0.1, 0.15) is 79.6 Å². The third-order valence-corrected chi connectivity index (χ3v) is 4.93. The van der Waals surface area contributed by atoms with Gasteiger partial charge in [-0.25, -0.2) is 0 Å². The molecule has 3 nitrogen and oxygen atoms in total. The Balaban J connectivity index is 4.56. The summed E-state index contributed by atoms with van der Waals surface area (Å²) >= 11 is 0. The fraction of sp³-hybridized carbons (Fsp3) is 0.783. The first-order valence-electron chi connectivity index (χ1n) is 11.0. The van der Waals surface area contributed by atoms with Crippen molar-refractivity contribution in [2.24, 2.45) is 10.9 Å². The maximum absolute atomic E-state index is 13.4. The monoisotopic (exact) mass is 418 g/mol. The Morgan fingerprint density at radius 2 is 1.83 bits per heavy atom. The summed E-state index contributed by atoms with van der Waals surface area (Å²) in [4.78, 5) is 6.36. The predicted molar refractivity (Wildman–Crippen MR) is 117 cm³/mol. The Labute approximate surface area is 176 Å². The Hall–Kier alpha value is -1.46. The fourth-order valence-electron chi connectivity index (χ4n) is 2.97. The fourth-order valence-corrected chi connectivity index (χ4v) is 2.97. The molecule has 0 amide bonds. The molecule has 0 rings (SSSR count). The second-order valence-corrected chi connectivity index (χ2v) is 7.38. The van der Waals surface area contributed by atoms with Crippen molar-refractivity contribution >= 4 is 5.84 Å². The normalized spacial score (nSPS) is 14.5. The molecule has 29 heavy (non-hydrogen) atoms. The molecule has 170 valence electrons. The van der Waals surface area contributed by atoms with E-state index in [1.807, 2.05) is 45.9 Å². The van der Waals surface area contributed by atoms with Crippen LogP contribution in [0.25, 0.3) is 0 Å². The van der Waals surface area contributed by atoms with E-state index in [0.29, 0.717) is 18.9 Å². The number of aliphatic imine (C=N–C) groups is 1. The summed E-state index contributed by atoms with van der Waals surface area (Å²) in [6.07, 6.45) is 7.36. The van der Waals surface area contributed by atoms with E-state index in [1.165, 1.54) is 12.8 Å². The molecular formula is C23H41F3N2O. The summed E-state index contributed by atoms with van der Waals surface area (Å²) < 4.78 is 45.7. The molecule has 0 N–H and O–H groups in total. The van der Waals surface area contributed by atoms with Gasteiger partial charge in [0.25, 0.3) is 0 Å². The van der Waals surface area contributed by atoms with Crippen molar-refractivity contribution in [3.63, 3.8) is 0 Å². The molecule has 0 saturated heterocycles. The standard InChI is InChI=1S/C23H41F3N2O/c1-6-9-11-13-17-28(8-3)21(5)27-19-22(23(24,25)26)16-14-18-29-20(4)15-12-10-7-2/h7,10,15,22H,6,8-9,11-14,16-19H2,1-5H3/b10-7-,20-15+,27-21?. The molecule has 0 aliphatic heterocycles. The predicted octanol–water partition coefficient (Wildman–Crippen LogP) is 7.15. The van der Waals surface area contributed by atoms with Crippen LogP contribution in [0.5, 0.6) is 0 Å². The van der Waals surface area contributed by atoms with Gasteiger partial charge in [-0.1, -0.05) is 38.3 Å². The molecule has 0 aliphatic carbocycles. The molecule has 0 spiro atoms. The van der Waals surface area contributed by atoms with E-state index >= 15 is 0 Å². The van der Waals surface area contributed by atoms with Gasteiger partial charge in [0.15, 0.2) is 0 Å². The summed E-state index contributed by atoms with van der Waals surface area (Å²) in [5, 5.41) is 0. The topological polar surface area (TPSA) is 24.8 Å². The lowest BCUT2D eigenvalue weighted by Gasteiger charge is -2.24. The molecule has 0 aromatic rings. The smallest absolute Gasteiger partial charge is 0.393 e. The van der Waals surface area contributed by atoms with Gasteiger partial charge in [-0.05, 0) is 59.5 Å². The van der Waals surface area contributed by atoms with Crippen molar-refractivity contribution in [1.29, 1.82) is 0 Å². The number of hydrogen-bond donors (Lipinski definition) is 0. The molecule has 0 heterocycles. The van der Waals surface area contributed by atoms with Gasteiger partial charge in [-0.15, -0.1) is 0 Å². The van der Waals surface area contributed by atoms with Crippen LogP contribution in [0.2, 0.25) is 0 Å². The van der Waals surface area contributed by atoms with Gasteiger partial charge in [0.2, 0.25) is 0 Å². The van der Waals surface area contributed by atoms with Crippen LogP contribution >= 0.6 is 0 Å². The minimum atomic E-state index is -4.24. The molecule has 1 atom stereocenters.